The molecule has 17 heavy (non-hydrogen) atoms. The lowest BCUT2D eigenvalue weighted by Crippen LogP contribution is -2.22. The minimum absolute atomic E-state index is 0.214. The van der Waals surface area contributed by atoms with E-state index in [9.17, 15) is 8.78 Å². The zero-order valence-corrected chi connectivity index (χ0v) is 10.5. The van der Waals surface area contributed by atoms with Crippen LogP contribution in [0.15, 0.2) is 18.2 Å². The van der Waals surface area contributed by atoms with Crippen molar-refractivity contribution in [3.8, 4) is 0 Å². The van der Waals surface area contributed by atoms with Gasteiger partial charge in [0.1, 0.15) is 11.6 Å². The summed E-state index contributed by atoms with van der Waals surface area (Å²) < 4.78 is 26.7. The summed E-state index contributed by atoms with van der Waals surface area (Å²) in [4.78, 5) is 0. The van der Waals surface area contributed by atoms with Gasteiger partial charge in [-0.05, 0) is 30.5 Å². The van der Waals surface area contributed by atoms with Crippen molar-refractivity contribution < 1.29 is 8.78 Å². The van der Waals surface area contributed by atoms with Crippen molar-refractivity contribution in [2.75, 3.05) is 0 Å². The maximum Gasteiger partial charge on any atom is 0.128 e. The summed E-state index contributed by atoms with van der Waals surface area (Å²) in [6, 6.07) is 3.08. The minimum Gasteiger partial charge on any atom is -0.324 e. The summed E-state index contributed by atoms with van der Waals surface area (Å²) >= 11 is 0. The average molecular weight is 241 g/mol. The van der Waals surface area contributed by atoms with Gasteiger partial charge in [-0.3, -0.25) is 0 Å². The van der Waals surface area contributed by atoms with Crippen molar-refractivity contribution in [3.05, 3.63) is 35.4 Å². The van der Waals surface area contributed by atoms with Crippen molar-refractivity contribution in [2.45, 2.75) is 45.6 Å². The first-order valence-electron chi connectivity index (χ1n) is 6.30. The molecule has 0 aliphatic rings. The van der Waals surface area contributed by atoms with E-state index in [0.29, 0.717) is 5.56 Å². The molecule has 0 radical (unpaired) electrons. The molecule has 96 valence electrons. The van der Waals surface area contributed by atoms with Crippen LogP contribution in [0.4, 0.5) is 8.78 Å². The van der Waals surface area contributed by atoms with Crippen molar-refractivity contribution in [3.63, 3.8) is 0 Å². The molecule has 1 aromatic rings. The number of hydrogen-bond acceptors (Lipinski definition) is 1. The standard InChI is InChI=1S/C14H21F2N/c1-3-5-6-10(4-2)14(17)12-9-11(15)7-8-13(12)16/h7-10,14H,3-6,17H2,1-2H3. The molecule has 0 amide bonds. The second kappa shape index (κ2) is 6.70. The molecule has 1 aromatic carbocycles. The second-order valence-corrected chi connectivity index (χ2v) is 4.50. The van der Waals surface area contributed by atoms with Gasteiger partial charge >= 0.3 is 0 Å². The van der Waals surface area contributed by atoms with Crippen LogP contribution < -0.4 is 5.73 Å². The quantitative estimate of drug-likeness (QED) is 0.794. The Balaban J connectivity index is 2.85. The summed E-state index contributed by atoms with van der Waals surface area (Å²) in [5.41, 5.74) is 6.35. The Morgan fingerprint density at radius 3 is 2.53 bits per heavy atom. The topological polar surface area (TPSA) is 26.0 Å². The molecule has 2 unspecified atom stereocenters. The Morgan fingerprint density at radius 2 is 1.94 bits per heavy atom. The normalized spacial score (nSPS) is 14.6. The zero-order chi connectivity index (χ0) is 12.8. The largest absolute Gasteiger partial charge is 0.324 e. The summed E-state index contributed by atoms with van der Waals surface area (Å²) in [5.74, 6) is -0.623. The lowest BCUT2D eigenvalue weighted by Gasteiger charge is -2.23. The van der Waals surface area contributed by atoms with Gasteiger partial charge in [0, 0.05) is 11.6 Å². The number of nitrogens with two attached hydrogens (primary N) is 1. The predicted molar refractivity (Wildman–Crippen MR) is 66.6 cm³/mol. The van der Waals surface area contributed by atoms with Crippen LogP contribution in [0.1, 0.15) is 51.1 Å². The van der Waals surface area contributed by atoms with Crippen molar-refractivity contribution in [2.24, 2.45) is 11.7 Å². The fourth-order valence-corrected chi connectivity index (χ4v) is 2.13. The monoisotopic (exact) mass is 241 g/mol. The smallest absolute Gasteiger partial charge is 0.128 e. The van der Waals surface area contributed by atoms with Crippen molar-refractivity contribution in [1.29, 1.82) is 0 Å². The van der Waals surface area contributed by atoms with Crippen LogP contribution in [0.5, 0.6) is 0 Å². The summed E-state index contributed by atoms with van der Waals surface area (Å²) in [5, 5.41) is 0. The van der Waals surface area contributed by atoms with Crippen LogP contribution in [0, 0.1) is 17.6 Å². The van der Waals surface area contributed by atoms with Gasteiger partial charge in [-0.15, -0.1) is 0 Å². The fraction of sp³-hybridized carbons (Fsp3) is 0.571. The molecular formula is C14H21F2N. The van der Waals surface area contributed by atoms with Gasteiger partial charge in [0.25, 0.3) is 0 Å². The summed E-state index contributed by atoms with van der Waals surface area (Å²) in [7, 11) is 0. The maximum atomic E-state index is 13.6. The number of benzene rings is 1. The number of rotatable bonds is 6. The van der Waals surface area contributed by atoms with E-state index >= 15 is 0 Å². The van der Waals surface area contributed by atoms with Gasteiger partial charge in [0.2, 0.25) is 0 Å². The molecule has 0 aromatic heterocycles. The van der Waals surface area contributed by atoms with Gasteiger partial charge in [0.15, 0.2) is 0 Å². The Labute approximate surface area is 102 Å². The van der Waals surface area contributed by atoms with Crippen LogP contribution in [0.3, 0.4) is 0 Å². The van der Waals surface area contributed by atoms with E-state index in [-0.39, 0.29) is 5.92 Å². The highest BCUT2D eigenvalue weighted by Gasteiger charge is 2.20. The SMILES string of the molecule is CCCCC(CC)C(N)c1cc(F)ccc1F. The molecule has 0 spiro atoms. The summed E-state index contributed by atoms with van der Waals surface area (Å²) in [6.07, 6.45) is 4.01. The van der Waals surface area contributed by atoms with Crippen molar-refractivity contribution >= 4 is 0 Å². The van der Waals surface area contributed by atoms with E-state index in [0.717, 1.165) is 37.8 Å². The van der Waals surface area contributed by atoms with Gasteiger partial charge in [-0.25, -0.2) is 8.78 Å². The number of halogens is 2. The van der Waals surface area contributed by atoms with E-state index in [1.807, 2.05) is 6.92 Å². The Hall–Kier alpha value is -0.960. The molecule has 0 aliphatic carbocycles. The first kappa shape index (κ1) is 14.1. The molecule has 0 saturated carbocycles. The first-order valence-corrected chi connectivity index (χ1v) is 6.30. The van der Waals surface area contributed by atoms with Crippen LogP contribution in [-0.4, -0.2) is 0 Å². The van der Waals surface area contributed by atoms with E-state index in [1.54, 1.807) is 0 Å². The molecule has 1 rings (SSSR count). The molecule has 1 nitrogen and oxygen atoms in total. The molecule has 0 heterocycles. The molecule has 0 fully saturated rings. The molecule has 3 heteroatoms. The third kappa shape index (κ3) is 3.77. The Kier molecular flexibility index (Phi) is 5.56. The molecule has 2 atom stereocenters. The average Bonchev–Trinajstić information content (AvgIpc) is 2.33. The van der Waals surface area contributed by atoms with Gasteiger partial charge in [0.05, 0.1) is 0 Å². The highest BCUT2D eigenvalue weighted by Crippen LogP contribution is 2.28. The molecule has 2 N–H and O–H groups in total. The Morgan fingerprint density at radius 1 is 1.24 bits per heavy atom. The van der Waals surface area contributed by atoms with E-state index < -0.39 is 17.7 Å². The first-order chi connectivity index (χ1) is 8.10. The maximum absolute atomic E-state index is 13.6. The lowest BCUT2D eigenvalue weighted by atomic mass is 9.87. The van der Waals surface area contributed by atoms with Crippen LogP contribution in [0.25, 0.3) is 0 Å². The number of hydrogen-bond donors (Lipinski definition) is 1. The third-order valence-electron chi connectivity index (χ3n) is 3.28. The lowest BCUT2D eigenvalue weighted by molar-refractivity contribution is 0.368. The van der Waals surface area contributed by atoms with Gasteiger partial charge < -0.3 is 5.73 Å². The van der Waals surface area contributed by atoms with E-state index in [1.165, 1.54) is 6.07 Å². The van der Waals surface area contributed by atoms with E-state index in [4.69, 9.17) is 5.73 Å². The Bertz CT molecular complexity index is 352. The summed E-state index contributed by atoms with van der Waals surface area (Å²) in [6.45, 7) is 4.15. The zero-order valence-electron chi connectivity index (χ0n) is 10.5. The third-order valence-corrected chi connectivity index (χ3v) is 3.28. The predicted octanol–water partition coefficient (Wildman–Crippen LogP) is 4.18. The van der Waals surface area contributed by atoms with Crippen LogP contribution >= 0.6 is 0 Å². The highest BCUT2D eigenvalue weighted by molar-refractivity contribution is 5.22. The highest BCUT2D eigenvalue weighted by atomic mass is 19.1. The van der Waals surface area contributed by atoms with Crippen LogP contribution in [0.2, 0.25) is 0 Å². The number of unbranched alkanes of at least 4 members (excludes halogenated alkanes) is 1. The molecule has 0 bridgehead atoms. The molecular weight excluding hydrogens is 220 g/mol. The second-order valence-electron chi connectivity index (χ2n) is 4.50. The van der Waals surface area contributed by atoms with Crippen molar-refractivity contribution in [1.82, 2.24) is 0 Å². The van der Waals surface area contributed by atoms with E-state index in [2.05, 4.69) is 6.92 Å². The minimum atomic E-state index is -0.429. The van der Waals surface area contributed by atoms with Gasteiger partial charge in [-0.1, -0.05) is 33.1 Å². The van der Waals surface area contributed by atoms with Gasteiger partial charge in [-0.2, -0.15) is 0 Å². The van der Waals surface area contributed by atoms with Crippen LogP contribution in [-0.2, 0) is 0 Å². The molecule has 0 aliphatic heterocycles. The molecule has 0 saturated heterocycles. The fourth-order valence-electron chi connectivity index (χ4n) is 2.13.